The molecule has 0 spiro atoms. The molecule has 104 valence electrons. The van der Waals surface area contributed by atoms with Crippen LogP contribution >= 0.6 is 22.6 Å². The average molecular weight is 372 g/mol. The van der Waals surface area contributed by atoms with Crippen molar-refractivity contribution in [3.05, 3.63) is 21.8 Å². The number of nitrogen functional groups attached to an aromatic ring is 1. The van der Waals surface area contributed by atoms with E-state index in [1.165, 1.54) is 16.4 Å². The third-order valence-corrected chi connectivity index (χ3v) is 5.43. The number of piperidine rings is 1. The summed E-state index contributed by atoms with van der Waals surface area (Å²) in [5.41, 5.74) is 7.72. The number of nitrogens with two attached hydrogens (primary N) is 1. The topological polar surface area (TPSA) is 49.5 Å². The van der Waals surface area contributed by atoms with Crippen molar-refractivity contribution in [1.82, 2.24) is 0 Å². The monoisotopic (exact) mass is 372 g/mol. The highest BCUT2D eigenvalue weighted by Crippen LogP contribution is 2.41. The molecule has 19 heavy (non-hydrogen) atoms. The highest BCUT2D eigenvalue weighted by Gasteiger charge is 2.42. The lowest BCUT2D eigenvalue weighted by Gasteiger charge is -2.48. The molecule has 1 saturated heterocycles. The number of anilines is 2. The highest BCUT2D eigenvalue weighted by atomic mass is 127. The molecule has 1 aromatic rings. The second kappa shape index (κ2) is 5.13. The Hall–Kier alpha value is -0.490. The van der Waals surface area contributed by atoms with Gasteiger partial charge in [0.05, 0.1) is 17.0 Å². The number of hydrogen-bond acceptors (Lipinski definition) is 3. The van der Waals surface area contributed by atoms with Gasteiger partial charge in [-0.3, -0.25) is 0 Å². The van der Waals surface area contributed by atoms with E-state index in [0.29, 0.717) is 5.92 Å². The van der Waals surface area contributed by atoms with Crippen molar-refractivity contribution in [1.29, 1.82) is 0 Å². The van der Waals surface area contributed by atoms with Crippen LogP contribution in [0.1, 0.15) is 32.1 Å². The van der Waals surface area contributed by atoms with Crippen LogP contribution in [-0.2, 0) is 0 Å². The first-order chi connectivity index (χ1) is 9.08. The van der Waals surface area contributed by atoms with Gasteiger partial charge < -0.3 is 15.7 Å². The Morgan fingerprint density at radius 2 is 2.16 bits per heavy atom. The van der Waals surface area contributed by atoms with Crippen molar-refractivity contribution in [2.24, 2.45) is 5.92 Å². The van der Waals surface area contributed by atoms with E-state index in [9.17, 15) is 5.11 Å². The molecular formula is C15H21IN2O. The first-order valence-electron chi connectivity index (χ1n) is 7.11. The molecule has 0 radical (unpaired) electrons. The largest absolute Gasteiger partial charge is 0.397 e. The summed E-state index contributed by atoms with van der Waals surface area (Å²) < 4.78 is 1.17. The van der Waals surface area contributed by atoms with Gasteiger partial charge >= 0.3 is 0 Å². The Morgan fingerprint density at radius 3 is 2.95 bits per heavy atom. The van der Waals surface area contributed by atoms with Crippen molar-refractivity contribution in [2.45, 2.75) is 37.7 Å². The fraction of sp³-hybridized carbons (Fsp3) is 0.600. The van der Waals surface area contributed by atoms with Crippen LogP contribution in [-0.4, -0.2) is 23.8 Å². The van der Waals surface area contributed by atoms with E-state index >= 15 is 0 Å². The zero-order valence-electron chi connectivity index (χ0n) is 11.1. The van der Waals surface area contributed by atoms with Gasteiger partial charge in [0.25, 0.3) is 0 Å². The van der Waals surface area contributed by atoms with Gasteiger partial charge in [-0.2, -0.15) is 0 Å². The number of halogens is 1. The molecule has 0 amide bonds. The van der Waals surface area contributed by atoms with E-state index in [0.717, 1.165) is 43.7 Å². The fourth-order valence-corrected chi connectivity index (χ4v) is 4.12. The maximum atomic E-state index is 10.7. The molecule has 2 atom stereocenters. The molecule has 3 N–H and O–H groups in total. The summed E-state index contributed by atoms with van der Waals surface area (Å²) in [5, 5.41) is 10.7. The van der Waals surface area contributed by atoms with Gasteiger partial charge in [0.15, 0.2) is 0 Å². The molecular weight excluding hydrogens is 351 g/mol. The number of nitrogens with zero attached hydrogens (tertiary/aromatic N) is 1. The van der Waals surface area contributed by atoms with Gasteiger partial charge in [0.1, 0.15) is 0 Å². The standard InChI is InChI=1S/C15H21IN2O/c16-12-4-5-14(13(17)9-12)18-8-7-15(19)6-2-1-3-11(15)10-18/h4-5,9,11,19H,1-3,6-8,10,17H2. The van der Waals surface area contributed by atoms with E-state index in [-0.39, 0.29) is 0 Å². The van der Waals surface area contributed by atoms with Crippen molar-refractivity contribution in [3.63, 3.8) is 0 Å². The molecule has 3 nitrogen and oxygen atoms in total. The number of rotatable bonds is 1. The van der Waals surface area contributed by atoms with Gasteiger partial charge in [-0.05, 0) is 60.1 Å². The molecule has 0 aromatic heterocycles. The number of aliphatic hydroxyl groups is 1. The van der Waals surface area contributed by atoms with Gasteiger partial charge in [-0.1, -0.05) is 12.8 Å². The molecule has 1 heterocycles. The van der Waals surface area contributed by atoms with E-state index < -0.39 is 5.60 Å². The number of fused-ring (bicyclic) bond motifs is 1. The third-order valence-electron chi connectivity index (χ3n) is 4.76. The molecule has 1 saturated carbocycles. The summed E-state index contributed by atoms with van der Waals surface area (Å²) in [5.74, 6) is 0.411. The van der Waals surface area contributed by atoms with E-state index in [1.807, 2.05) is 6.07 Å². The lowest BCUT2D eigenvalue weighted by Crippen LogP contribution is -2.53. The summed E-state index contributed by atoms with van der Waals surface area (Å²) in [6, 6.07) is 6.25. The molecule has 1 aliphatic carbocycles. The zero-order chi connectivity index (χ0) is 13.5. The summed E-state index contributed by atoms with van der Waals surface area (Å²) in [6.45, 7) is 1.86. The minimum Gasteiger partial charge on any atom is -0.397 e. The SMILES string of the molecule is Nc1cc(I)ccc1N1CCC2(O)CCCCC2C1. The molecule has 1 aromatic carbocycles. The first-order valence-corrected chi connectivity index (χ1v) is 8.19. The molecule has 4 heteroatoms. The lowest BCUT2D eigenvalue weighted by molar-refractivity contribution is -0.0612. The van der Waals surface area contributed by atoms with Gasteiger partial charge in [-0.25, -0.2) is 0 Å². The van der Waals surface area contributed by atoms with Crippen LogP contribution in [0.15, 0.2) is 18.2 Å². The first kappa shape index (κ1) is 13.5. The summed E-state index contributed by atoms with van der Waals surface area (Å²) in [7, 11) is 0. The third kappa shape index (κ3) is 2.57. The van der Waals surface area contributed by atoms with Crippen molar-refractivity contribution >= 4 is 34.0 Å². The quantitative estimate of drug-likeness (QED) is 0.589. The predicted molar refractivity (Wildman–Crippen MR) is 87.3 cm³/mol. The Labute approximate surface area is 128 Å². The average Bonchev–Trinajstić information content (AvgIpc) is 2.38. The van der Waals surface area contributed by atoms with E-state index in [1.54, 1.807) is 0 Å². The molecule has 3 rings (SSSR count). The molecule has 0 bridgehead atoms. The Kier molecular flexibility index (Phi) is 3.64. The summed E-state index contributed by atoms with van der Waals surface area (Å²) >= 11 is 2.29. The minimum atomic E-state index is -0.410. The van der Waals surface area contributed by atoms with E-state index in [4.69, 9.17) is 5.73 Å². The number of benzene rings is 1. The molecule has 2 fully saturated rings. The van der Waals surface area contributed by atoms with Crippen molar-refractivity contribution in [3.8, 4) is 0 Å². The van der Waals surface area contributed by atoms with Crippen LogP contribution in [0.25, 0.3) is 0 Å². The predicted octanol–water partition coefficient (Wildman–Crippen LogP) is 3.00. The second-order valence-corrected chi connectivity index (χ2v) is 7.19. The van der Waals surface area contributed by atoms with Crippen LogP contribution in [0.3, 0.4) is 0 Å². The summed E-state index contributed by atoms with van der Waals surface area (Å²) in [6.07, 6.45) is 5.44. The second-order valence-electron chi connectivity index (χ2n) is 5.95. The summed E-state index contributed by atoms with van der Waals surface area (Å²) in [4.78, 5) is 2.36. The van der Waals surface area contributed by atoms with E-state index in [2.05, 4.69) is 39.6 Å². The Balaban J connectivity index is 1.80. The van der Waals surface area contributed by atoms with Gasteiger partial charge in [0, 0.05) is 22.6 Å². The van der Waals surface area contributed by atoms with Crippen LogP contribution in [0, 0.1) is 9.49 Å². The minimum absolute atomic E-state index is 0.410. The maximum Gasteiger partial charge on any atom is 0.0709 e. The maximum absolute atomic E-state index is 10.7. The molecule has 2 unspecified atom stereocenters. The highest BCUT2D eigenvalue weighted by molar-refractivity contribution is 14.1. The molecule has 2 aliphatic rings. The van der Waals surface area contributed by atoms with Crippen LogP contribution in [0.2, 0.25) is 0 Å². The van der Waals surface area contributed by atoms with Crippen LogP contribution < -0.4 is 10.6 Å². The lowest BCUT2D eigenvalue weighted by atomic mass is 9.71. The van der Waals surface area contributed by atoms with Gasteiger partial charge in [-0.15, -0.1) is 0 Å². The van der Waals surface area contributed by atoms with Crippen LogP contribution in [0.4, 0.5) is 11.4 Å². The zero-order valence-corrected chi connectivity index (χ0v) is 13.3. The fourth-order valence-electron chi connectivity index (χ4n) is 3.60. The van der Waals surface area contributed by atoms with Crippen molar-refractivity contribution in [2.75, 3.05) is 23.7 Å². The van der Waals surface area contributed by atoms with Crippen LogP contribution in [0.5, 0.6) is 0 Å². The normalized spacial score (nSPS) is 31.1. The molecule has 1 aliphatic heterocycles. The van der Waals surface area contributed by atoms with Gasteiger partial charge in [0.2, 0.25) is 0 Å². The van der Waals surface area contributed by atoms with Crippen molar-refractivity contribution < 1.29 is 5.11 Å². The Bertz CT molecular complexity index is 479. The number of hydrogen-bond donors (Lipinski definition) is 2. The smallest absolute Gasteiger partial charge is 0.0709 e. The Morgan fingerprint density at radius 1 is 1.32 bits per heavy atom.